The van der Waals surface area contributed by atoms with Crippen molar-refractivity contribution >= 4 is 29.3 Å². The SMILES string of the molecule is Cl.O=C(c1ccco1)N1CCCN(Cc2cc3cc(-c4cccc(F)c4)ccc3o2)CC1. The van der Waals surface area contributed by atoms with E-state index in [2.05, 4.69) is 11.0 Å². The molecule has 2 aromatic heterocycles. The van der Waals surface area contributed by atoms with E-state index in [9.17, 15) is 9.18 Å². The van der Waals surface area contributed by atoms with Gasteiger partial charge in [0, 0.05) is 31.6 Å². The number of hydrogen-bond donors (Lipinski definition) is 0. The molecule has 2 aromatic carbocycles. The molecule has 0 saturated carbocycles. The summed E-state index contributed by atoms with van der Waals surface area (Å²) in [6.07, 6.45) is 2.43. The van der Waals surface area contributed by atoms with Crippen LogP contribution in [-0.2, 0) is 6.54 Å². The molecule has 5 nitrogen and oxygen atoms in total. The first-order valence-corrected chi connectivity index (χ1v) is 10.5. The van der Waals surface area contributed by atoms with Crippen LogP contribution in [0.2, 0.25) is 0 Å². The number of rotatable bonds is 4. The number of amides is 1. The molecule has 5 rings (SSSR count). The molecule has 4 aromatic rings. The highest BCUT2D eigenvalue weighted by Gasteiger charge is 2.22. The molecule has 0 N–H and O–H groups in total. The summed E-state index contributed by atoms with van der Waals surface area (Å²) in [6, 6.07) is 18.0. The standard InChI is InChI=1S/C25H23FN2O3.ClH/c26-21-5-1-4-18(15-21)19-7-8-23-20(14-19)16-22(31-23)17-27-9-3-10-28(12-11-27)25(29)24-6-2-13-30-24;/h1-2,4-8,13-16H,3,9-12,17H2;1H. The zero-order valence-electron chi connectivity index (χ0n) is 17.5. The zero-order valence-corrected chi connectivity index (χ0v) is 18.3. The van der Waals surface area contributed by atoms with Gasteiger partial charge in [0.25, 0.3) is 5.91 Å². The lowest BCUT2D eigenvalue weighted by Gasteiger charge is -2.20. The summed E-state index contributed by atoms with van der Waals surface area (Å²) in [6.45, 7) is 3.73. The molecule has 0 atom stereocenters. The van der Waals surface area contributed by atoms with Gasteiger partial charge >= 0.3 is 0 Å². The molecule has 166 valence electrons. The van der Waals surface area contributed by atoms with E-state index in [-0.39, 0.29) is 24.1 Å². The number of nitrogens with zero attached hydrogens (tertiary/aromatic N) is 2. The van der Waals surface area contributed by atoms with Crippen molar-refractivity contribution in [1.82, 2.24) is 9.80 Å². The van der Waals surface area contributed by atoms with Gasteiger partial charge in [-0.1, -0.05) is 18.2 Å². The number of benzene rings is 2. The Bertz CT molecular complexity index is 1210. The van der Waals surface area contributed by atoms with Crippen molar-refractivity contribution in [2.45, 2.75) is 13.0 Å². The minimum Gasteiger partial charge on any atom is -0.460 e. The number of fused-ring (bicyclic) bond motifs is 1. The van der Waals surface area contributed by atoms with Crippen LogP contribution in [0.15, 0.2) is 75.8 Å². The highest BCUT2D eigenvalue weighted by Crippen LogP contribution is 2.28. The third kappa shape index (κ3) is 4.71. The molecule has 32 heavy (non-hydrogen) atoms. The molecule has 3 heterocycles. The normalized spacial score (nSPS) is 14.8. The van der Waals surface area contributed by atoms with Crippen LogP contribution in [0.3, 0.4) is 0 Å². The summed E-state index contributed by atoms with van der Waals surface area (Å²) in [5, 5.41) is 1.00. The summed E-state index contributed by atoms with van der Waals surface area (Å²) in [5.41, 5.74) is 2.62. The van der Waals surface area contributed by atoms with Crippen LogP contribution in [0.4, 0.5) is 4.39 Å². The van der Waals surface area contributed by atoms with Crippen LogP contribution in [0, 0.1) is 5.82 Å². The Labute approximate surface area is 191 Å². The molecule has 1 amide bonds. The van der Waals surface area contributed by atoms with Gasteiger partial charge in [-0.25, -0.2) is 4.39 Å². The molecule has 0 unspecified atom stereocenters. The van der Waals surface area contributed by atoms with Crippen LogP contribution in [0.1, 0.15) is 22.7 Å². The third-order valence-corrected chi connectivity index (χ3v) is 5.71. The second-order valence-corrected chi connectivity index (χ2v) is 7.87. The van der Waals surface area contributed by atoms with E-state index in [1.807, 2.05) is 29.2 Å². The second kappa shape index (κ2) is 9.59. The minimum absolute atomic E-state index is 0. The van der Waals surface area contributed by atoms with Crippen molar-refractivity contribution < 1.29 is 18.0 Å². The summed E-state index contributed by atoms with van der Waals surface area (Å²) in [5.74, 6) is 0.976. The molecule has 0 aliphatic carbocycles. The number of hydrogen-bond acceptors (Lipinski definition) is 4. The van der Waals surface area contributed by atoms with Crippen molar-refractivity contribution in [2.24, 2.45) is 0 Å². The topological polar surface area (TPSA) is 49.8 Å². The van der Waals surface area contributed by atoms with E-state index < -0.39 is 0 Å². The lowest BCUT2D eigenvalue weighted by atomic mass is 10.0. The Morgan fingerprint density at radius 3 is 2.62 bits per heavy atom. The second-order valence-electron chi connectivity index (χ2n) is 7.87. The summed E-state index contributed by atoms with van der Waals surface area (Å²) in [7, 11) is 0. The van der Waals surface area contributed by atoms with Gasteiger partial charge in [0.05, 0.1) is 12.8 Å². The Kier molecular flexibility index (Phi) is 6.63. The van der Waals surface area contributed by atoms with Gasteiger partial charge in [-0.2, -0.15) is 0 Å². The molecular weight excluding hydrogens is 431 g/mol. The van der Waals surface area contributed by atoms with E-state index in [1.165, 1.54) is 18.4 Å². The Hall–Kier alpha value is -3.09. The molecule has 0 spiro atoms. The summed E-state index contributed by atoms with van der Waals surface area (Å²) in [4.78, 5) is 16.7. The maximum Gasteiger partial charge on any atom is 0.289 e. The predicted octanol–water partition coefficient (Wildman–Crippen LogP) is 5.60. The zero-order chi connectivity index (χ0) is 21.2. The monoisotopic (exact) mass is 454 g/mol. The van der Waals surface area contributed by atoms with E-state index in [1.54, 1.807) is 18.2 Å². The van der Waals surface area contributed by atoms with Gasteiger partial charge in [0.2, 0.25) is 0 Å². The molecule has 7 heteroatoms. The fourth-order valence-corrected chi connectivity index (χ4v) is 4.13. The largest absolute Gasteiger partial charge is 0.460 e. The number of halogens is 2. The number of furan rings is 2. The number of carbonyl (C=O) groups excluding carboxylic acids is 1. The van der Waals surface area contributed by atoms with Gasteiger partial charge in [-0.3, -0.25) is 9.69 Å². The maximum atomic E-state index is 13.6. The summed E-state index contributed by atoms with van der Waals surface area (Å²) < 4.78 is 24.9. The summed E-state index contributed by atoms with van der Waals surface area (Å²) >= 11 is 0. The molecule has 1 fully saturated rings. The van der Waals surface area contributed by atoms with Crippen LogP contribution in [0.25, 0.3) is 22.1 Å². The minimum atomic E-state index is -0.244. The molecule has 0 bridgehead atoms. The molecule has 1 saturated heterocycles. The average Bonchev–Trinajstić information content (AvgIpc) is 3.38. The fraction of sp³-hybridized carbons (Fsp3) is 0.240. The van der Waals surface area contributed by atoms with E-state index in [0.717, 1.165) is 47.4 Å². The predicted molar refractivity (Wildman–Crippen MR) is 123 cm³/mol. The molecule has 1 aliphatic heterocycles. The fourth-order valence-electron chi connectivity index (χ4n) is 4.13. The molecular formula is C25H24ClFN2O3. The van der Waals surface area contributed by atoms with Crippen molar-refractivity contribution in [2.75, 3.05) is 26.2 Å². The van der Waals surface area contributed by atoms with Crippen LogP contribution in [-0.4, -0.2) is 41.9 Å². The van der Waals surface area contributed by atoms with Gasteiger partial charge in [-0.05, 0) is 60.0 Å². The first-order chi connectivity index (χ1) is 15.2. The van der Waals surface area contributed by atoms with Crippen molar-refractivity contribution in [3.8, 4) is 11.1 Å². The Balaban J connectivity index is 0.00000245. The van der Waals surface area contributed by atoms with Crippen LogP contribution in [0.5, 0.6) is 0 Å². The first-order valence-electron chi connectivity index (χ1n) is 10.5. The lowest BCUT2D eigenvalue weighted by Crippen LogP contribution is -2.34. The third-order valence-electron chi connectivity index (χ3n) is 5.71. The van der Waals surface area contributed by atoms with E-state index in [0.29, 0.717) is 25.4 Å². The van der Waals surface area contributed by atoms with E-state index in [4.69, 9.17) is 8.83 Å². The van der Waals surface area contributed by atoms with Crippen molar-refractivity contribution in [3.05, 3.63) is 84.3 Å². The van der Waals surface area contributed by atoms with Gasteiger partial charge in [0.15, 0.2) is 5.76 Å². The average molecular weight is 455 g/mol. The quantitative estimate of drug-likeness (QED) is 0.402. The van der Waals surface area contributed by atoms with Gasteiger partial charge in [0.1, 0.15) is 17.2 Å². The van der Waals surface area contributed by atoms with Gasteiger partial charge in [-0.15, -0.1) is 12.4 Å². The molecule has 0 radical (unpaired) electrons. The highest BCUT2D eigenvalue weighted by molar-refractivity contribution is 5.91. The van der Waals surface area contributed by atoms with Crippen molar-refractivity contribution in [1.29, 1.82) is 0 Å². The number of carbonyl (C=O) groups is 1. The molecule has 1 aliphatic rings. The van der Waals surface area contributed by atoms with Crippen LogP contribution >= 0.6 is 12.4 Å². The Morgan fingerprint density at radius 1 is 0.938 bits per heavy atom. The Morgan fingerprint density at radius 2 is 1.81 bits per heavy atom. The smallest absolute Gasteiger partial charge is 0.289 e. The lowest BCUT2D eigenvalue weighted by molar-refractivity contribution is 0.0729. The maximum absolute atomic E-state index is 13.6. The van der Waals surface area contributed by atoms with Gasteiger partial charge < -0.3 is 13.7 Å². The van der Waals surface area contributed by atoms with E-state index >= 15 is 0 Å². The van der Waals surface area contributed by atoms with Crippen LogP contribution < -0.4 is 0 Å². The highest BCUT2D eigenvalue weighted by atomic mass is 35.5. The van der Waals surface area contributed by atoms with Crippen molar-refractivity contribution in [3.63, 3.8) is 0 Å². The first kappa shape index (κ1) is 22.1.